The van der Waals surface area contributed by atoms with Crippen molar-refractivity contribution in [2.75, 3.05) is 7.11 Å². The van der Waals surface area contributed by atoms with Gasteiger partial charge in [-0.25, -0.2) is 4.85 Å². The van der Waals surface area contributed by atoms with E-state index in [1.807, 2.05) is 13.0 Å². The van der Waals surface area contributed by atoms with Crippen molar-refractivity contribution in [2.24, 2.45) is 44.8 Å². The molecule has 0 bridgehead atoms. The zero-order valence-corrected chi connectivity index (χ0v) is 25.3. The van der Waals surface area contributed by atoms with E-state index in [1.54, 1.807) is 13.0 Å². The molecule has 1 N–H and O–H groups in total. The van der Waals surface area contributed by atoms with Crippen LogP contribution in [0.1, 0.15) is 93.4 Å². The van der Waals surface area contributed by atoms with Crippen LogP contribution >= 0.6 is 0 Å². The van der Waals surface area contributed by atoms with E-state index in [9.17, 15) is 19.2 Å². The van der Waals surface area contributed by atoms with Gasteiger partial charge in [-0.3, -0.25) is 14.4 Å². The fourth-order valence-electron chi connectivity index (χ4n) is 10.4. The Kier molecular flexibility index (Phi) is 6.21. The highest BCUT2D eigenvalue weighted by atomic mass is 16.5. The Balaban J connectivity index is 1.70. The van der Waals surface area contributed by atoms with Crippen LogP contribution in [0.2, 0.25) is 0 Å². The van der Waals surface area contributed by atoms with Crippen LogP contribution in [-0.2, 0) is 23.9 Å². The van der Waals surface area contributed by atoms with Crippen molar-refractivity contribution in [2.45, 2.75) is 99.0 Å². The van der Waals surface area contributed by atoms with Gasteiger partial charge in [0.25, 0.3) is 0 Å². The average molecular weight is 549 g/mol. The van der Waals surface area contributed by atoms with Crippen LogP contribution in [0, 0.1) is 51.4 Å². The van der Waals surface area contributed by atoms with Crippen LogP contribution < -0.4 is 5.32 Å². The number of hydrogen-bond acceptors (Lipinski definition) is 5. The molecule has 0 radical (unpaired) electrons. The normalized spacial score (nSPS) is 45.3. The number of carbonyl (C=O) groups is 4. The van der Waals surface area contributed by atoms with Gasteiger partial charge in [-0.1, -0.05) is 46.3 Å². The number of fused-ring (bicyclic) bond motifs is 7. The maximum absolute atomic E-state index is 14.5. The molecule has 0 aromatic carbocycles. The number of carbonyl (C=O) groups excluding carboxylic acids is 4. The van der Waals surface area contributed by atoms with Gasteiger partial charge in [0, 0.05) is 18.3 Å². The maximum Gasteiger partial charge on any atom is 0.312 e. The highest BCUT2D eigenvalue weighted by Gasteiger charge is 2.71. The summed E-state index contributed by atoms with van der Waals surface area (Å²) in [7, 11) is 1.46. The molecule has 5 aliphatic rings. The number of nitrogens with one attached hydrogen (secondary N) is 1. The topological polar surface area (TPSA) is 93.9 Å². The smallest absolute Gasteiger partial charge is 0.312 e. The number of nitrogens with zero attached hydrogens (tertiary/aromatic N) is 1. The molecule has 0 unspecified atom stereocenters. The summed E-state index contributed by atoms with van der Waals surface area (Å²) < 4.78 is 5.41. The number of rotatable bonds is 2. The number of ketones is 2. The number of amides is 1. The first-order chi connectivity index (χ1) is 18.5. The van der Waals surface area contributed by atoms with Crippen molar-refractivity contribution in [1.29, 1.82) is 0 Å². The quantitative estimate of drug-likeness (QED) is 0.358. The lowest BCUT2D eigenvalue weighted by Crippen LogP contribution is -2.69. The zero-order chi connectivity index (χ0) is 29.7. The van der Waals surface area contributed by atoms with Crippen LogP contribution in [0.25, 0.3) is 4.85 Å². The Morgan fingerprint density at radius 3 is 2.27 bits per heavy atom. The van der Waals surface area contributed by atoms with E-state index >= 15 is 0 Å². The predicted molar refractivity (Wildman–Crippen MR) is 150 cm³/mol. The second kappa shape index (κ2) is 8.63. The lowest BCUT2D eigenvalue weighted by molar-refractivity contribution is -0.190. The third-order valence-corrected chi connectivity index (χ3v) is 12.6. The van der Waals surface area contributed by atoms with Crippen molar-refractivity contribution >= 4 is 23.4 Å². The molecule has 40 heavy (non-hydrogen) atoms. The van der Waals surface area contributed by atoms with Crippen LogP contribution in [0.5, 0.6) is 0 Å². The van der Waals surface area contributed by atoms with Crippen LogP contribution in [0.3, 0.4) is 0 Å². The van der Waals surface area contributed by atoms with Crippen molar-refractivity contribution in [1.82, 2.24) is 5.32 Å². The molecule has 7 nitrogen and oxygen atoms in total. The summed E-state index contributed by atoms with van der Waals surface area (Å²) in [5, 5.41) is 2.92. The van der Waals surface area contributed by atoms with Crippen LogP contribution in [0.4, 0.5) is 0 Å². The van der Waals surface area contributed by atoms with Gasteiger partial charge in [0.05, 0.1) is 24.6 Å². The molecule has 1 amide bonds. The minimum Gasteiger partial charge on any atom is -0.469 e. The number of ether oxygens (including phenoxy) is 1. The SMILES string of the molecule is [C-]#[N+]C1=C[C@]2(C)C3=CC(=O)[C@@H]4[C@@H]5CC(C)(C)CC[C@]5(C(=O)OC)CC[C@@]4(C)[C@]3(C)CC[C@H]2[C@](C)(NC(C)=O)C1=O. The van der Waals surface area contributed by atoms with E-state index in [2.05, 4.69) is 37.9 Å². The Morgan fingerprint density at radius 2 is 1.68 bits per heavy atom. The largest absolute Gasteiger partial charge is 0.469 e. The Hall–Kier alpha value is -2.75. The summed E-state index contributed by atoms with van der Waals surface area (Å²) in [6.45, 7) is 22.0. The van der Waals surface area contributed by atoms with Gasteiger partial charge in [-0.15, -0.1) is 0 Å². The van der Waals surface area contributed by atoms with Gasteiger partial charge < -0.3 is 14.8 Å². The predicted octanol–water partition coefficient (Wildman–Crippen LogP) is 5.60. The Bertz CT molecular complexity index is 1320. The first-order valence-corrected chi connectivity index (χ1v) is 14.7. The number of Topliss-reactive ketones (excluding diaryl/α,β-unsaturated/α-hetero) is 1. The molecule has 0 saturated heterocycles. The summed E-state index contributed by atoms with van der Waals surface area (Å²) >= 11 is 0. The highest BCUT2D eigenvalue weighted by molar-refractivity contribution is 6.07. The van der Waals surface area contributed by atoms with E-state index in [0.717, 1.165) is 37.7 Å². The fourth-order valence-corrected chi connectivity index (χ4v) is 10.4. The van der Waals surface area contributed by atoms with E-state index in [4.69, 9.17) is 11.3 Å². The maximum atomic E-state index is 14.5. The number of hydrogen-bond donors (Lipinski definition) is 1. The first kappa shape index (κ1) is 28.8. The molecule has 5 aliphatic carbocycles. The molecule has 3 fully saturated rings. The molecule has 0 aliphatic heterocycles. The summed E-state index contributed by atoms with van der Waals surface area (Å²) in [5.74, 6) is -1.53. The zero-order valence-electron chi connectivity index (χ0n) is 25.3. The monoisotopic (exact) mass is 548 g/mol. The van der Waals surface area contributed by atoms with Crippen molar-refractivity contribution in [3.8, 4) is 0 Å². The molecule has 0 spiro atoms. The minimum absolute atomic E-state index is 0.0160. The van der Waals surface area contributed by atoms with Gasteiger partial charge in [-0.2, -0.15) is 0 Å². The Labute approximate surface area is 238 Å². The molecule has 216 valence electrons. The second-order valence-corrected chi connectivity index (χ2v) is 15.0. The van der Waals surface area contributed by atoms with Crippen molar-refractivity contribution in [3.63, 3.8) is 0 Å². The molecule has 8 atom stereocenters. The van der Waals surface area contributed by atoms with Gasteiger partial charge in [0.1, 0.15) is 0 Å². The van der Waals surface area contributed by atoms with E-state index in [0.29, 0.717) is 12.8 Å². The first-order valence-electron chi connectivity index (χ1n) is 14.7. The number of esters is 1. The van der Waals surface area contributed by atoms with E-state index < -0.39 is 21.8 Å². The second-order valence-electron chi connectivity index (χ2n) is 15.0. The molecule has 0 aromatic heterocycles. The van der Waals surface area contributed by atoms with Gasteiger partial charge in [0.2, 0.25) is 11.6 Å². The van der Waals surface area contributed by atoms with Crippen LogP contribution in [-0.4, -0.2) is 36.1 Å². The molecular formula is C33H44N2O5. The lowest BCUT2D eigenvalue weighted by Gasteiger charge is -2.69. The third kappa shape index (κ3) is 3.46. The average Bonchev–Trinajstić information content (AvgIpc) is 2.86. The molecule has 7 heteroatoms. The van der Waals surface area contributed by atoms with E-state index in [1.165, 1.54) is 14.0 Å². The molecule has 3 saturated carbocycles. The van der Waals surface area contributed by atoms with E-state index in [-0.39, 0.29) is 57.7 Å². The summed E-state index contributed by atoms with van der Waals surface area (Å²) in [5.41, 5.74) is -2.44. The fraction of sp³-hybridized carbons (Fsp3) is 0.727. The Morgan fingerprint density at radius 1 is 1.02 bits per heavy atom. The van der Waals surface area contributed by atoms with Gasteiger partial charge in [0.15, 0.2) is 11.6 Å². The van der Waals surface area contributed by atoms with Crippen molar-refractivity contribution < 1.29 is 23.9 Å². The highest BCUT2D eigenvalue weighted by Crippen LogP contribution is 2.74. The van der Waals surface area contributed by atoms with Gasteiger partial charge in [-0.05, 0) is 86.0 Å². The number of allylic oxidation sites excluding steroid dienone is 3. The molecular weight excluding hydrogens is 504 g/mol. The molecule has 0 aromatic rings. The summed E-state index contributed by atoms with van der Waals surface area (Å²) in [6, 6.07) is 0. The van der Waals surface area contributed by atoms with Crippen molar-refractivity contribution in [3.05, 3.63) is 34.8 Å². The molecule has 5 rings (SSSR count). The minimum atomic E-state index is -1.24. The summed E-state index contributed by atoms with van der Waals surface area (Å²) in [4.78, 5) is 57.3. The number of methoxy groups -OCH3 is 1. The standard InChI is InChI=1S/C33H44N2O5/c1-19(36)35-32(7)23-10-11-30(5)24(29(23,4)18-21(34-8)26(32)38)16-22(37)25-20-17-28(2,3)12-14-33(20,27(39)40-9)15-13-31(25,30)6/h16,18,20,23,25H,10-15,17H2,1-7,9H3,(H,35,36)/t20-,23+,25-,29-,30+,31+,32-,33-/m0/s1. The van der Waals surface area contributed by atoms with Gasteiger partial charge >= 0.3 is 5.97 Å². The van der Waals surface area contributed by atoms with Crippen LogP contribution in [0.15, 0.2) is 23.4 Å². The molecule has 0 heterocycles. The summed E-state index contributed by atoms with van der Waals surface area (Å²) in [6.07, 6.45) is 8.89. The lowest BCUT2D eigenvalue weighted by atomic mass is 9.34. The third-order valence-electron chi connectivity index (χ3n) is 12.6.